The van der Waals surface area contributed by atoms with Crippen LogP contribution in [0.15, 0.2) is 42.2 Å². The van der Waals surface area contributed by atoms with E-state index in [0.29, 0.717) is 12.8 Å². The molecular weight excluding hydrogens is 462 g/mol. The zero-order valence-corrected chi connectivity index (χ0v) is 17.4. The number of halogens is 6. The topological polar surface area (TPSA) is 77.4 Å². The quantitative estimate of drug-likeness (QED) is 0.306. The molecule has 1 aliphatic rings. The van der Waals surface area contributed by atoms with Gasteiger partial charge in [0.2, 0.25) is 0 Å². The van der Waals surface area contributed by atoms with Gasteiger partial charge >= 0.3 is 12.7 Å². The van der Waals surface area contributed by atoms with E-state index in [1.54, 1.807) is 0 Å². The average molecular weight is 486 g/mol. The van der Waals surface area contributed by atoms with Gasteiger partial charge in [-0.25, -0.2) is 0 Å². The van der Waals surface area contributed by atoms with Crippen LogP contribution < -0.4 is 9.47 Å². The highest BCUT2D eigenvalue weighted by atomic mass is 19.4. The van der Waals surface area contributed by atoms with Gasteiger partial charge in [-0.1, -0.05) is 19.3 Å². The van der Waals surface area contributed by atoms with Crippen molar-refractivity contribution in [2.45, 2.75) is 57.0 Å². The molecule has 1 aliphatic carbocycles. The third-order valence-electron chi connectivity index (χ3n) is 4.38. The van der Waals surface area contributed by atoms with Crippen molar-refractivity contribution < 1.29 is 55.5 Å². The van der Waals surface area contributed by atoms with Gasteiger partial charge in [0, 0.05) is 6.07 Å². The number of aromatic hydroxyl groups is 1. The van der Waals surface area contributed by atoms with E-state index in [4.69, 9.17) is 9.47 Å². The van der Waals surface area contributed by atoms with Gasteiger partial charge in [-0.3, -0.25) is 4.74 Å². The van der Waals surface area contributed by atoms with E-state index in [0.717, 1.165) is 43.5 Å². The molecule has 0 fully saturated rings. The molecule has 2 N–H and O–H groups in total. The van der Waals surface area contributed by atoms with Crippen LogP contribution in [0.3, 0.4) is 0 Å². The van der Waals surface area contributed by atoms with Crippen molar-refractivity contribution in [1.29, 1.82) is 0 Å². The molecule has 12 heteroatoms. The standard InChI is InChI=1S/C21H24F6O6/c22-20(23,24)32-18-12-14(6-8-16(18)28)30-10-4-2-1-3-5-11-31-15-7-9-17(29)19(13-15)33-21(25,26)27/h6-9,12-13,16,18,28-29H,1-5,10-11H2/t16-,18?/m1/s1. The van der Waals surface area contributed by atoms with Gasteiger partial charge in [-0.2, -0.15) is 0 Å². The SMILES string of the molecule is Oc1ccc(OCCCCCCCOC2=CC(OC(F)(F)F)[C@H](O)C=C2)cc1OC(F)(F)F. The normalized spacial score (nSPS) is 18.7. The molecule has 33 heavy (non-hydrogen) atoms. The lowest BCUT2D eigenvalue weighted by Gasteiger charge is -2.23. The van der Waals surface area contributed by atoms with E-state index < -0.39 is 36.4 Å². The average Bonchev–Trinajstić information content (AvgIpc) is 2.69. The van der Waals surface area contributed by atoms with Crippen molar-refractivity contribution in [3.8, 4) is 17.2 Å². The number of aliphatic hydroxyl groups excluding tert-OH is 1. The highest BCUT2D eigenvalue weighted by Crippen LogP contribution is 2.34. The van der Waals surface area contributed by atoms with Crippen LogP contribution in [0.5, 0.6) is 17.2 Å². The maximum absolute atomic E-state index is 12.3. The lowest BCUT2D eigenvalue weighted by Crippen LogP contribution is -2.33. The Bertz CT molecular complexity index is 805. The molecule has 186 valence electrons. The lowest BCUT2D eigenvalue weighted by atomic mass is 10.1. The zero-order valence-electron chi connectivity index (χ0n) is 17.4. The van der Waals surface area contributed by atoms with E-state index in [2.05, 4.69) is 9.47 Å². The van der Waals surface area contributed by atoms with Gasteiger partial charge in [0.25, 0.3) is 0 Å². The van der Waals surface area contributed by atoms with Gasteiger partial charge in [0.1, 0.15) is 23.7 Å². The molecule has 1 unspecified atom stereocenters. The van der Waals surface area contributed by atoms with Crippen LogP contribution in [0.4, 0.5) is 26.3 Å². The Kier molecular flexibility index (Phi) is 9.71. The largest absolute Gasteiger partial charge is 0.573 e. The van der Waals surface area contributed by atoms with Gasteiger partial charge in [-0.15, -0.1) is 26.3 Å². The summed E-state index contributed by atoms with van der Waals surface area (Å²) in [7, 11) is 0. The Hall–Kier alpha value is -2.60. The molecule has 1 aromatic rings. The molecule has 0 aromatic heterocycles. The molecule has 0 radical (unpaired) electrons. The van der Waals surface area contributed by atoms with Crippen LogP contribution in [0, 0.1) is 0 Å². The summed E-state index contributed by atoms with van der Waals surface area (Å²) in [6, 6.07) is 3.33. The summed E-state index contributed by atoms with van der Waals surface area (Å²) < 4.78 is 92.1. The summed E-state index contributed by atoms with van der Waals surface area (Å²) in [6.07, 6.45) is -5.49. The first-order valence-electron chi connectivity index (χ1n) is 10.1. The highest BCUT2D eigenvalue weighted by molar-refractivity contribution is 5.44. The van der Waals surface area contributed by atoms with Crippen molar-refractivity contribution in [2.75, 3.05) is 13.2 Å². The number of allylic oxidation sites excluding steroid dienone is 1. The molecule has 0 amide bonds. The number of hydrogen-bond donors (Lipinski definition) is 2. The highest BCUT2D eigenvalue weighted by Gasteiger charge is 2.36. The van der Waals surface area contributed by atoms with Crippen molar-refractivity contribution in [3.63, 3.8) is 0 Å². The Labute approximate surface area is 186 Å². The smallest absolute Gasteiger partial charge is 0.504 e. The molecule has 0 saturated heterocycles. The number of rotatable bonds is 12. The first kappa shape index (κ1) is 26.7. The number of benzene rings is 1. The minimum Gasteiger partial charge on any atom is -0.504 e. The monoisotopic (exact) mass is 486 g/mol. The van der Waals surface area contributed by atoms with Crippen molar-refractivity contribution >= 4 is 0 Å². The van der Waals surface area contributed by atoms with Crippen LogP contribution in [-0.4, -0.2) is 48.4 Å². The lowest BCUT2D eigenvalue weighted by molar-refractivity contribution is -0.342. The summed E-state index contributed by atoms with van der Waals surface area (Å²) in [5.41, 5.74) is 0. The third-order valence-corrected chi connectivity index (χ3v) is 4.38. The predicted octanol–water partition coefficient (Wildman–Crippen LogP) is 5.36. The third kappa shape index (κ3) is 10.7. The minimum atomic E-state index is -4.93. The fraction of sp³-hybridized carbons (Fsp3) is 0.524. The van der Waals surface area contributed by atoms with E-state index in [-0.39, 0.29) is 24.7 Å². The maximum Gasteiger partial charge on any atom is 0.573 e. The van der Waals surface area contributed by atoms with Crippen LogP contribution in [0.2, 0.25) is 0 Å². The number of alkyl halides is 6. The first-order valence-corrected chi connectivity index (χ1v) is 10.1. The number of ether oxygens (including phenoxy) is 4. The summed E-state index contributed by atoms with van der Waals surface area (Å²) >= 11 is 0. The van der Waals surface area contributed by atoms with Crippen LogP contribution in [0.1, 0.15) is 32.1 Å². The molecular formula is C21H24F6O6. The number of hydrogen-bond acceptors (Lipinski definition) is 6. The summed E-state index contributed by atoms with van der Waals surface area (Å²) in [6.45, 7) is 0.532. The molecule has 0 heterocycles. The fourth-order valence-electron chi connectivity index (χ4n) is 2.88. The molecule has 0 aliphatic heterocycles. The Morgan fingerprint density at radius 2 is 1.48 bits per heavy atom. The Morgan fingerprint density at radius 3 is 2.12 bits per heavy atom. The Morgan fingerprint density at radius 1 is 0.848 bits per heavy atom. The predicted molar refractivity (Wildman–Crippen MR) is 103 cm³/mol. The van der Waals surface area contributed by atoms with Crippen LogP contribution >= 0.6 is 0 Å². The minimum absolute atomic E-state index is 0.132. The number of phenolic OH excluding ortho intramolecular Hbond substituents is 1. The second-order valence-electron chi connectivity index (χ2n) is 7.09. The van der Waals surface area contributed by atoms with Crippen LogP contribution in [-0.2, 0) is 9.47 Å². The number of unbranched alkanes of at least 4 members (excludes halogenated alkanes) is 4. The second-order valence-corrected chi connectivity index (χ2v) is 7.09. The van der Waals surface area contributed by atoms with E-state index in [1.165, 1.54) is 12.1 Å². The van der Waals surface area contributed by atoms with Gasteiger partial charge < -0.3 is 24.4 Å². The van der Waals surface area contributed by atoms with Crippen molar-refractivity contribution in [3.05, 3.63) is 42.2 Å². The molecule has 2 rings (SSSR count). The summed E-state index contributed by atoms with van der Waals surface area (Å²) in [4.78, 5) is 0. The van der Waals surface area contributed by atoms with Crippen molar-refractivity contribution in [1.82, 2.24) is 0 Å². The second kappa shape index (κ2) is 12.0. The molecule has 0 saturated carbocycles. The summed E-state index contributed by atoms with van der Waals surface area (Å²) in [5, 5.41) is 18.9. The Balaban J connectivity index is 1.58. The molecule has 1 aromatic carbocycles. The molecule has 2 atom stereocenters. The number of aliphatic hydroxyl groups is 1. The fourth-order valence-corrected chi connectivity index (χ4v) is 2.88. The summed E-state index contributed by atoms with van der Waals surface area (Å²) in [5.74, 6) is -1.08. The molecule has 6 nitrogen and oxygen atoms in total. The van der Waals surface area contributed by atoms with Crippen molar-refractivity contribution in [2.24, 2.45) is 0 Å². The van der Waals surface area contributed by atoms with E-state index in [1.807, 2.05) is 0 Å². The molecule has 0 spiro atoms. The zero-order chi connectivity index (χ0) is 24.5. The van der Waals surface area contributed by atoms with E-state index in [9.17, 15) is 36.6 Å². The van der Waals surface area contributed by atoms with Gasteiger partial charge in [-0.05, 0) is 43.2 Å². The maximum atomic E-state index is 12.3. The van der Waals surface area contributed by atoms with Gasteiger partial charge in [0.15, 0.2) is 11.5 Å². The van der Waals surface area contributed by atoms with Gasteiger partial charge in [0.05, 0.1) is 13.2 Å². The first-order chi connectivity index (χ1) is 15.4. The molecule has 0 bridgehead atoms. The van der Waals surface area contributed by atoms with E-state index >= 15 is 0 Å². The number of phenols is 1. The van der Waals surface area contributed by atoms with Crippen LogP contribution in [0.25, 0.3) is 0 Å².